The molecule has 0 atom stereocenters. The Kier molecular flexibility index (Phi) is 3.87. The molecule has 0 spiro atoms. The van der Waals surface area contributed by atoms with Crippen molar-refractivity contribution in [3.63, 3.8) is 0 Å². The summed E-state index contributed by atoms with van der Waals surface area (Å²) in [5.41, 5.74) is 1.18. The van der Waals surface area contributed by atoms with Gasteiger partial charge in [0.15, 0.2) is 11.6 Å². The molecule has 0 unspecified atom stereocenters. The molecule has 1 aromatic carbocycles. The van der Waals surface area contributed by atoms with E-state index in [-0.39, 0.29) is 30.1 Å². The van der Waals surface area contributed by atoms with Crippen LogP contribution in [0.15, 0.2) is 28.9 Å². The van der Waals surface area contributed by atoms with Crippen molar-refractivity contribution in [2.45, 2.75) is 18.8 Å². The summed E-state index contributed by atoms with van der Waals surface area (Å²) >= 11 is 5.98. The van der Waals surface area contributed by atoms with Gasteiger partial charge in [-0.2, -0.15) is 0 Å². The van der Waals surface area contributed by atoms with Gasteiger partial charge in [0.05, 0.1) is 0 Å². The normalized spacial score (nSPS) is 16.6. The third kappa shape index (κ3) is 3.46. The van der Waals surface area contributed by atoms with Crippen LogP contribution in [0.2, 0.25) is 5.02 Å². The van der Waals surface area contributed by atoms with Gasteiger partial charge in [0, 0.05) is 30.1 Å². The molecule has 10 heteroatoms. The Balaban J connectivity index is 1.57. The molecule has 0 saturated heterocycles. The summed E-state index contributed by atoms with van der Waals surface area (Å²) in [5.74, 6) is -1.89. The van der Waals surface area contributed by atoms with E-state index in [4.69, 9.17) is 11.6 Å². The van der Waals surface area contributed by atoms with Crippen molar-refractivity contribution < 1.29 is 13.4 Å². The number of alkyl halides is 2. The van der Waals surface area contributed by atoms with Crippen LogP contribution < -0.4 is 10.6 Å². The molecule has 1 fully saturated rings. The monoisotopic (exact) mass is 366 g/mol. The molecule has 4 rings (SSSR count). The highest BCUT2D eigenvalue weighted by Gasteiger charge is 2.44. The van der Waals surface area contributed by atoms with Gasteiger partial charge in [-0.25, -0.2) is 23.4 Å². The van der Waals surface area contributed by atoms with Crippen molar-refractivity contribution >= 4 is 40.2 Å². The second kappa shape index (κ2) is 6.07. The molecular formula is C15H13ClF2N6O. The molecule has 1 aliphatic carbocycles. The van der Waals surface area contributed by atoms with Crippen LogP contribution >= 0.6 is 11.6 Å². The van der Waals surface area contributed by atoms with Crippen LogP contribution in [-0.2, 0) is 0 Å². The Morgan fingerprint density at radius 2 is 1.88 bits per heavy atom. The van der Waals surface area contributed by atoms with E-state index in [2.05, 4.69) is 35.5 Å². The first-order chi connectivity index (χ1) is 12.0. The van der Waals surface area contributed by atoms with Crippen LogP contribution in [0.3, 0.4) is 0 Å². The molecule has 130 valence electrons. The fourth-order valence-electron chi connectivity index (χ4n) is 2.72. The minimum absolute atomic E-state index is 0.109. The van der Waals surface area contributed by atoms with Gasteiger partial charge in [-0.1, -0.05) is 17.7 Å². The van der Waals surface area contributed by atoms with Crippen molar-refractivity contribution in [2.24, 2.45) is 5.92 Å². The highest BCUT2D eigenvalue weighted by molar-refractivity contribution is 6.30. The highest BCUT2D eigenvalue weighted by Crippen LogP contribution is 2.42. The highest BCUT2D eigenvalue weighted by atomic mass is 35.5. The number of aromatic nitrogens is 4. The van der Waals surface area contributed by atoms with E-state index in [9.17, 15) is 8.78 Å². The van der Waals surface area contributed by atoms with E-state index in [0.717, 1.165) is 0 Å². The van der Waals surface area contributed by atoms with E-state index in [1.165, 1.54) is 0 Å². The third-order valence-corrected chi connectivity index (χ3v) is 4.17. The second-order valence-electron chi connectivity index (χ2n) is 5.98. The van der Waals surface area contributed by atoms with Crippen LogP contribution in [0.5, 0.6) is 0 Å². The van der Waals surface area contributed by atoms with Gasteiger partial charge in [0.2, 0.25) is 17.2 Å². The number of hydrogen-bond donors (Lipinski definition) is 2. The van der Waals surface area contributed by atoms with Crippen LogP contribution in [0, 0.1) is 5.92 Å². The predicted octanol–water partition coefficient (Wildman–Crippen LogP) is 3.87. The topological polar surface area (TPSA) is 88.8 Å². The summed E-state index contributed by atoms with van der Waals surface area (Å²) in [6.07, 6.45) is -0.253. The van der Waals surface area contributed by atoms with Gasteiger partial charge in [-0.05, 0) is 34.4 Å². The molecule has 2 heterocycles. The molecule has 25 heavy (non-hydrogen) atoms. The minimum Gasteiger partial charge on any atom is -0.367 e. The molecule has 0 radical (unpaired) electrons. The summed E-state index contributed by atoms with van der Waals surface area (Å²) in [6, 6.07) is 7.08. The lowest BCUT2D eigenvalue weighted by Crippen LogP contribution is -2.39. The molecule has 3 aromatic rings. The quantitative estimate of drug-likeness (QED) is 0.708. The average molecular weight is 367 g/mol. The van der Waals surface area contributed by atoms with Gasteiger partial charge in [0.25, 0.3) is 0 Å². The zero-order chi connectivity index (χ0) is 17.4. The minimum atomic E-state index is -2.56. The van der Waals surface area contributed by atoms with Crippen molar-refractivity contribution in [1.82, 2.24) is 20.3 Å². The molecule has 2 N–H and O–H groups in total. The van der Waals surface area contributed by atoms with Crippen molar-refractivity contribution in [1.29, 1.82) is 0 Å². The Bertz CT molecular complexity index is 910. The Hall–Kier alpha value is -2.55. The number of anilines is 3. The molecule has 0 bridgehead atoms. The molecule has 2 aromatic heterocycles. The maximum Gasteiger partial charge on any atom is 0.248 e. The van der Waals surface area contributed by atoms with Gasteiger partial charge < -0.3 is 10.6 Å². The van der Waals surface area contributed by atoms with Crippen LogP contribution in [0.25, 0.3) is 11.3 Å². The van der Waals surface area contributed by atoms with Gasteiger partial charge >= 0.3 is 0 Å². The summed E-state index contributed by atoms with van der Waals surface area (Å²) in [4.78, 5) is 8.61. The van der Waals surface area contributed by atoms with E-state index in [1.54, 1.807) is 18.2 Å². The molecule has 1 aliphatic rings. The van der Waals surface area contributed by atoms with E-state index in [0.29, 0.717) is 28.9 Å². The molecule has 7 nitrogen and oxygen atoms in total. The second-order valence-corrected chi connectivity index (χ2v) is 6.42. The Morgan fingerprint density at radius 3 is 2.56 bits per heavy atom. The Morgan fingerprint density at radius 1 is 1.16 bits per heavy atom. The van der Waals surface area contributed by atoms with E-state index >= 15 is 0 Å². The van der Waals surface area contributed by atoms with E-state index in [1.807, 2.05) is 6.07 Å². The lowest BCUT2D eigenvalue weighted by Gasteiger charge is -2.35. The average Bonchev–Trinajstić information content (AvgIpc) is 2.97. The maximum absolute atomic E-state index is 13.0. The number of nitrogens with zero attached hydrogens (tertiary/aromatic N) is 4. The summed E-state index contributed by atoms with van der Waals surface area (Å²) in [7, 11) is 0. The van der Waals surface area contributed by atoms with Gasteiger partial charge in [0.1, 0.15) is 0 Å². The molecular weight excluding hydrogens is 354 g/mol. The standard InChI is InChI=1S/C15H13ClF2N6O/c16-9-2-1-3-10(4-9)20-12-11(19-7-8-5-15(17,18)6-8)21-13-14(22-12)24-25-23-13/h1-4,8H,5-7H2,(H,19,21,23)(H,20,22,24). The number of benzene rings is 1. The SMILES string of the molecule is FC1(F)CC(CNc2nc3nonc3nc2Nc2cccc(Cl)c2)C1. The maximum atomic E-state index is 13.0. The first-order valence-corrected chi connectivity index (χ1v) is 8.01. The molecule has 0 aliphatic heterocycles. The van der Waals surface area contributed by atoms with Gasteiger partial charge in [-0.3, -0.25) is 0 Å². The lowest BCUT2D eigenvalue weighted by atomic mass is 9.81. The third-order valence-electron chi connectivity index (χ3n) is 3.93. The fourth-order valence-corrected chi connectivity index (χ4v) is 2.91. The number of rotatable bonds is 5. The summed E-state index contributed by atoms with van der Waals surface area (Å²) < 4.78 is 30.6. The smallest absolute Gasteiger partial charge is 0.248 e. The zero-order valence-corrected chi connectivity index (χ0v) is 13.6. The van der Waals surface area contributed by atoms with Gasteiger partial charge in [-0.15, -0.1) is 0 Å². The van der Waals surface area contributed by atoms with Crippen molar-refractivity contribution in [3.8, 4) is 0 Å². The first kappa shape index (κ1) is 15.9. The summed E-state index contributed by atoms with van der Waals surface area (Å²) in [6.45, 7) is 0.366. The Labute approximate surface area is 145 Å². The number of halogens is 3. The fraction of sp³-hybridized carbons (Fsp3) is 0.333. The number of fused-ring (bicyclic) bond motifs is 1. The molecule has 0 amide bonds. The van der Waals surface area contributed by atoms with Crippen LogP contribution in [0.1, 0.15) is 12.8 Å². The van der Waals surface area contributed by atoms with Crippen molar-refractivity contribution in [2.75, 3.05) is 17.2 Å². The zero-order valence-electron chi connectivity index (χ0n) is 12.8. The van der Waals surface area contributed by atoms with Crippen LogP contribution in [-0.4, -0.2) is 32.7 Å². The first-order valence-electron chi connectivity index (χ1n) is 7.63. The predicted molar refractivity (Wildman–Crippen MR) is 88.3 cm³/mol. The summed E-state index contributed by atoms with van der Waals surface area (Å²) in [5, 5.41) is 14.0. The van der Waals surface area contributed by atoms with Crippen molar-refractivity contribution in [3.05, 3.63) is 29.3 Å². The largest absolute Gasteiger partial charge is 0.367 e. The number of hydrogen-bond acceptors (Lipinski definition) is 7. The van der Waals surface area contributed by atoms with E-state index < -0.39 is 5.92 Å². The number of nitrogens with one attached hydrogen (secondary N) is 2. The molecule has 1 saturated carbocycles. The van der Waals surface area contributed by atoms with Crippen LogP contribution in [0.4, 0.5) is 26.1 Å². The lowest BCUT2D eigenvalue weighted by molar-refractivity contribution is -0.106.